The Kier molecular flexibility index (Phi) is 4.91. The first-order valence-electron chi connectivity index (χ1n) is 6.56. The van der Waals surface area contributed by atoms with E-state index in [0.717, 1.165) is 11.3 Å². The van der Waals surface area contributed by atoms with Crippen LogP contribution in [0.5, 0.6) is 0 Å². The maximum atomic E-state index is 12.2. The van der Waals surface area contributed by atoms with Crippen molar-refractivity contribution >= 4 is 23.2 Å². The highest BCUT2D eigenvalue weighted by Crippen LogP contribution is 2.15. The lowest BCUT2D eigenvalue weighted by Gasteiger charge is -2.07. The van der Waals surface area contributed by atoms with Gasteiger partial charge in [0.05, 0.1) is 12.5 Å². The summed E-state index contributed by atoms with van der Waals surface area (Å²) in [4.78, 5) is 16.3. The van der Waals surface area contributed by atoms with Gasteiger partial charge in [-0.25, -0.2) is 4.98 Å². The summed E-state index contributed by atoms with van der Waals surface area (Å²) in [6.45, 7) is 1.95. The molecule has 0 atom stereocenters. The fraction of sp³-hybridized carbons (Fsp3) is 0.188. The molecular formula is C16H14ClN3O. The minimum absolute atomic E-state index is 0.234. The van der Waals surface area contributed by atoms with Crippen molar-refractivity contribution in [1.82, 2.24) is 4.98 Å². The van der Waals surface area contributed by atoms with Crippen molar-refractivity contribution in [2.45, 2.75) is 19.8 Å². The van der Waals surface area contributed by atoms with Crippen molar-refractivity contribution in [3.63, 3.8) is 0 Å². The first-order valence-corrected chi connectivity index (χ1v) is 6.94. The molecule has 0 saturated heterocycles. The first kappa shape index (κ1) is 15.0. The van der Waals surface area contributed by atoms with E-state index in [9.17, 15) is 4.79 Å². The van der Waals surface area contributed by atoms with Crippen LogP contribution < -0.4 is 5.32 Å². The minimum atomic E-state index is -0.234. The number of hydrogen-bond acceptors (Lipinski definition) is 3. The molecule has 0 aliphatic carbocycles. The highest BCUT2D eigenvalue weighted by atomic mass is 35.5. The highest BCUT2D eigenvalue weighted by Gasteiger charge is 2.09. The van der Waals surface area contributed by atoms with Crippen LogP contribution in [0.2, 0.25) is 5.15 Å². The fourth-order valence-electron chi connectivity index (χ4n) is 1.86. The van der Waals surface area contributed by atoms with E-state index in [1.54, 1.807) is 24.3 Å². The Balaban J connectivity index is 2.14. The van der Waals surface area contributed by atoms with Crippen molar-refractivity contribution < 1.29 is 4.79 Å². The van der Waals surface area contributed by atoms with Crippen molar-refractivity contribution in [3.05, 3.63) is 58.4 Å². The number of aryl methyl sites for hydroxylation is 1. The molecule has 0 spiro atoms. The molecule has 1 N–H and O–H groups in total. The number of rotatable bonds is 4. The van der Waals surface area contributed by atoms with Gasteiger partial charge < -0.3 is 5.32 Å². The largest absolute Gasteiger partial charge is 0.322 e. The molecular weight excluding hydrogens is 286 g/mol. The molecule has 0 aliphatic heterocycles. The molecule has 0 unspecified atom stereocenters. The Morgan fingerprint density at radius 2 is 2.05 bits per heavy atom. The van der Waals surface area contributed by atoms with E-state index in [2.05, 4.69) is 16.4 Å². The van der Waals surface area contributed by atoms with E-state index < -0.39 is 0 Å². The van der Waals surface area contributed by atoms with Gasteiger partial charge in [0, 0.05) is 16.9 Å². The van der Waals surface area contributed by atoms with Crippen molar-refractivity contribution in [1.29, 1.82) is 5.26 Å². The van der Waals surface area contributed by atoms with Gasteiger partial charge in [0.25, 0.3) is 5.91 Å². The van der Waals surface area contributed by atoms with E-state index in [1.807, 2.05) is 19.1 Å². The molecule has 1 aromatic carbocycles. The zero-order valence-electron chi connectivity index (χ0n) is 11.6. The summed E-state index contributed by atoms with van der Waals surface area (Å²) in [7, 11) is 0. The van der Waals surface area contributed by atoms with E-state index >= 15 is 0 Å². The van der Waals surface area contributed by atoms with Gasteiger partial charge >= 0.3 is 0 Å². The highest BCUT2D eigenvalue weighted by molar-refractivity contribution is 6.29. The van der Waals surface area contributed by atoms with Gasteiger partial charge in [-0.15, -0.1) is 0 Å². The van der Waals surface area contributed by atoms with Gasteiger partial charge in [-0.1, -0.05) is 30.7 Å². The van der Waals surface area contributed by atoms with Crippen LogP contribution in [0.15, 0.2) is 36.4 Å². The number of nitrogens with one attached hydrogen (secondary N) is 1. The molecule has 0 saturated carbocycles. The smallest absolute Gasteiger partial charge is 0.255 e. The summed E-state index contributed by atoms with van der Waals surface area (Å²) < 4.78 is 0. The lowest BCUT2D eigenvalue weighted by atomic mass is 10.1. The number of amides is 1. The average Bonchev–Trinajstić information content (AvgIpc) is 2.48. The number of carbonyl (C=O) groups excluding carboxylic acids is 1. The molecule has 4 nitrogen and oxygen atoms in total. The average molecular weight is 300 g/mol. The maximum Gasteiger partial charge on any atom is 0.255 e. The van der Waals surface area contributed by atoms with E-state index in [1.165, 1.54) is 0 Å². The van der Waals surface area contributed by atoms with Gasteiger partial charge in [-0.2, -0.15) is 5.26 Å². The Labute approximate surface area is 128 Å². The van der Waals surface area contributed by atoms with Gasteiger partial charge in [0.15, 0.2) is 0 Å². The van der Waals surface area contributed by atoms with Gasteiger partial charge in [0.2, 0.25) is 0 Å². The second-order valence-electron chi connectivity index (χ2n) is 4.51. The van der Waals surface area contributed by atoms with Gasteiger partial charge in [-0.05, 0) is 36.2 Å². The number of nitrogens with zero attached hydrogens (tertiary/aromatic N) is 2. The molecule has 0 aliphatic rings. The predicted molar refractivity (Wildman–Crippen MR) is 82.3 cm³/mol. The molecule has 0 fully saturated rings. The maximum absolute atomic E-state index is 12.2. The number of aromatic nitrogens is 1. The number of benzene rings is 1. The Morgan fingerprint density at radius 1 is 1.33 bits per heavy atom. The quantitative estimate of drug-likeness (QED) is 0.877. The van der Waals surface area contributed by atoms with Crippen LogP contribution >= 0.6 is 11.6 Å². The van der Waals surface area contributed by atoms with Gasteiger partial charge in [-0.3, -0.25) is 4.79 Å². The summed E-state index contributed by atoms with van der Waals surface area (Å²) in [5, 5.41) is 11.7. The van der Waals surface area contributed by atoms with Crippen LogP contribution in [0.25, 0.3) is 0 Å². The molecule has 5 heteroatoms. The fourth-order valence-corrected chi connectivity index (χ4v) is 2.09. The Hall–Kier alpha value is -2.38. The zero-order chi connectivity index (χ0) is 15.2. The van der Waals surface area contributed by atoms with Crippen molar-refractivity contribution in [2.24, 2.45) is 0 Å². The molecule has 1 heterocycles. The summed E-state index contributed by atoms with van der Waals surface area (Å²) in [5.74, 6) is -0.234. The Morgan fingerprint density at radius 3 is 2.67 bits per heavy atom. The van der Waals surface area contributed by atoms with Crippen LogP contribution in [-0.2, 0) is 12.8 Å². The molecule has 106 valence electrons. The summed E-state index contributed by atoms with van der Waals surface area (Å²) in [6, 6.07) is 12.5. The summed E-state index contributed by atoms with van der Waals surface area (Å²) in [6.07, 6.45) is 1.07. The molecule has 0 bridgehead atoms. The van der Waals surface area contributed by atoms with Crippen LogP contribution in [0, 0.1) is 11.3 Å². The monoisotopic (exact) mass is 299 g/mol. The molecule has 0 radical (unpaired) electrons. The number of carbonyl (C=O) groups is 1. The number of halogens is 1. The molecule has 21 heavy (non-hydrogen) atoms. The number of pyridine rings is 1. The van der Waals surface area contributed by atoms with Crippen molar-refractivity contribution in [2.75, 3.05) is 5.32 Å². The number of nitriles is 1. The van der Waals surface area contributed by atoms with Crippen molar-refractivity contribution in [3.8, 4) is 6.07 Å². The summed E-state index contributed by atoms with van der Waals surface area (Å²) >= 11 is 5.91. The van der Waals surface area contributed by atoms with Gasteiger partial charge in [0.1, 0.15) is 5.15 Å². The minimum Gasteiger partial charge on any atom is -0.322 e. The van der Waals surface area contributed by atoms with Crippen LogP contribution in [-0.4, -0.2) is 10.9 Å². The van der Waals surface area contributed by atoms with E-state index in [4.69, 9.17) is 16.9 Å². The molecule has 2 aromatic rings. The standard InChI is InChI=1S/C16H14ClN3O/c1-2-13-9-12(10-15(17)19-13)16(21)20-14-5-3-11(4-6-14)7-8-18/h3-6,9-10H,2,7H2,1H3,(H,20,21). The lowest BCUT2D eigenvalue weighted by Crippen LogP contribution is -2.12. The third-order valence-corrected chi connectivity index (χ3v) is 3.16. The normalized spacial score (nSPS) is 9.95. The van der Waals surface area contributed by atoms with Crippen LogP contribution in [0.1, 0.15) is 28.5 Å². The lowest BCUT2D eigenvalue weighted by molar-refractivity contribution is 0.102. The number of hydrogen-bond donors (Lipinski definition) is 1. The third-order valence-electron chi connectivity index (χ3n) is 2.97. The van der Waals surface area contributed by atoms with Crippen LogP contribution in [0.3, 0.4) is 0 Å². The van der Waals surface area contributed by atoms with Crippen LogP contribution in [0.4, 0.5) is 5.69 Å². The third kappa shape index (κ3) is 4.04. The number of anilines is 1. The second-order valence-corrected chi connectivity index (χ2v) is 4.90. The zero-order valence-corrected chi connectivity index (χ0v) is 12.3. The topological polar surface area (TPSA) is 65.8 Å². The predicted octanol–water partition coefficient (Wildman–Crippen LogP) is 3.62. The second kappa shape index (κ2) is 6.87. The van der Waals surface area contributed by atoms with E-state index in [0.29, 0.717) is 29.2 Å². The summed E-state index contributed by atoms with van der Waals surface area (Å²) in [5.41, 5.74) is 2.84. The molecule has 2 rings (SSSR count). The first-order chi connectivity index (χ1) is 10.1. The SMILES string of the molecule is CCc1cc(C(=O)Nc2ccc(CC#N)cc2)cc(Cl)n1. The molecule has 1 aromatic heterocycles. The molecule has 1 amide bonds. The van der Waals surface area contributed by atoms with E-state index in [-0.39, 0.29) is 5.91 Å². The Bertz CT molecular complexity index is 690.